The number of amides is 1. The van der Waals surface area contributed by atoms with Crippen LogP contribution in [-0.4, -0.2) is 77.1 Å². The lowest BCUT2D eigenvalue weighted by Gasteiger charge is -2.31. The summed E-state index contributed by atoms with van der Waals surface area (Å²) in [6.45, 7) is 13.4. The van der Waals surface area contributed by atoms with Crippen molar-refractivity contribution in [2.75, 3.05) is 62.0 Å². The summed E-state index contributed by atoms with van der Waals surface area (Å²) in [7, 11) is 1.61. The van der Waals surface area contributed by atoms with Crippen LogP contribution in [0.2, 0.25) is 0 Å². The first kappa shape index (κ1) is 25.7. The van der Waals surface area contributed by atoms with E-state index in [1.54, 1.807) is 13.3 Å². The Kier molecular flexibility index (Phi) is 7.57. The fourth-order valence-corrected chi connectivity index (χ4v) is 4.57. The summed E-state index contributed by atoms with van der Waals surface area (Å²) in [6, 6.07) is 3.73. The number of nitrogens with zero attached hydrogens (tertiary/aromatic N) is 6. The molecule has 2 fully saturated rings. The van der Waals surface area contributed by atoms with E-state index in [0.29, 0.717) is 55.2 Å². The summed E-state index contributed by atoms with van der Waals surface area (Å²) in [4.78, 5) is 26.1. The van der Waals surface area contributed by atoms with Gasteiger partial charge >= 0.3 is 0 Å². The Morgan fingerprint density at radius 3 is 2.66 bits per heavy atom. The highest BCUT2D eigenvalue weighted by molar-refractivity contribution is 6.02. The van der Waals surface area contributed by atoms with Crippen molar-refractivity contribution in [3.8, 4) is 11.6 Å². The minimum absolute atomic E-state index is 0.299. The van der Waals surface area contributed by atoms with E-state index in [2.05, 4.69) is 32.0 Å². The van der Waals surface area contributed by atoms with Crippen LogP contribution in [0.1, 0.15) is 23.2 Å². The van der Waals surface area contributed by atoms with Crippen LogP contribution in [-0.2, 0) is 16.1 Å². The maximum atomic E-state index is 12.2. The number of hydrogen-bond donors (Lipinski definition) is 2. The fourth-order valence-electron chi connectivity index (χ4n) is 4.57. The normalized spacial score (nSPS) is 15.6. The number of likely N-dealkylation sites (tertiary alicyclic amines) is 1. The number of benzene rings is 1. The first-order valence-electron chi connectivity index (χ1n) is 12.8. The van der Waals surface area contributed by atoms with Gasteiger partial charge in [-0.15, -0.1) is 0 Å². The zero-order valence-corrected chi connectivity index (χ0v) is 22.2. The maximum Gasteiger partial charge on any atom is 0.247 e. The van der Waals surface area contributed by atoms with Gasteiger partial charge < -0.3 is 25.0 Å². The van der Waals surface area contributed by atoms with Gasteiger partial charge in [-0.1, -0.05) is 6.58 Å². The third-order valence-corrected chi connectivity index (χ3v) is 6.86. The third kappa shape index (κ3) is 5.48. The summed E-state index contributed by atoms with van der Waals surface area (Å²) in [5.74, 6) is 1.39. The van der Waals surface area contributed by atoms with E-state index in [1.165, 1.54) is 18.1 Å². The lowest BCUT2D eigenvalue weighted by molar-refractivity contribution is -0.111. The summed E-state index contributed by atoms with van der Waals surface area (Å²) in [6.07, 6.45) is 6.32. The first-order chi connectivity index (χ1) is 18.4. The van der Waals surface area contributed by atoms with E-state index >= 15 is 0 Å². The molecule has 38 heavy (non-hydrogen) atoms. The van der Waals surface area contributed by atoms with Crippen LogP contribution in [0.25, 0.3) is 5.82 Å². The molecular formula is C27H34N8O3. The van der Waals surface area contributed by atoms with E-state index in [9.17, 15) is 4.79 Å². The van der Waals surface area contributed by atoms with Gasteiger partial charge in [-0.05, 0) is 45.5 Å². The number of hydrogen-bond acceptors (Lipinski definition) is 9. The molecule has 11 heteroatoms. The number of rotatable bonds is 9. The van der Waals surface area contributed by atoms with Crippen molar-refractivity contribution in [3.05, 3.63) is 54.0 Å². The second-order valence-corrected chi connectivity index (χ2v) is 9.50. The number of morpholine rings is 1. The Morgan fingerprint density at radius 2 is 1.97 bits per heavy atom. The summed E-state index contributed by atoms with van der Waals surface area (Å²) in [5, 5.41) is 10.9. The van der Waals surface area contributed by atoms with Gasteiger partial charge in [0.15, 0.2) is 5.82 Å². The fraction of sp³-hybridized carbons (Fsp3) is 0.407. The number of methoxy groups -OCH3 is 1. The van der Waals surface area contributed by atoms with Gasteiger partial charge in [-0.25, -0.2) is 9.67 Å². The summed E-state index contributed by atoms with van der Waals surface area (Å²) < 4.78 is 13.0. The van der Waals surface area contributed by atoms with Gasteiger partial charge in [0.05, 0.1) is 43.1 Å². The standard InChI is InChI=1S/C27H34N8O3/c1-5-25(36)29-21-13-22(24(37-4)14-23(21)34-9-11-38-12-10-34)30-27-28-15-18(2)26(31-27)35-17-20(19(3)32-35)16-33-7-6-8-33/h5,13-15,17H,1,6-12,16H2,2-4H3,(H,29,36)(H,28,30,31). The lowest BCUT2D eigenvalue weighted by atomic mass is 10.1. The molecule has 2 aliphatic rings. The van der Waals surface area contributed by atoms with Crippen LogP contribution in [0.5, 0.6) is 5.75 Å². The molecule has 0 saturated carbocycles. The number of nitrogens with one attached hydrogen (secondary N) is 2. The molecule has 1 amide bonds. The monoisotopic (exact) mass is 518 g/mol. The van der Waals surface area contributed by atoms with Crippen molar-refractivity contribution in [2.45, 2.75) is 26.8 Å². The lowest BCUT2D eigenvalue weighted by Crippen LogP contribution is -2.36. The Labute approximate surface area is 222 Å². The molecule has 0 radical (unpaired) electrons. The molecule has 0 unspecified atom stereocenters. The van der Waals surface area contributed by atoms with Crippen molar-refractivity contribution >= 4 is 28.9 Å². The Bertz CT molecular complexity index is 1330. The van der Waals surface area contributed by atoms with Crippen molar-refractivity contribution in [3.63, 3.8) is 0 Å². The SMILES string of the molecule is C=CC(=O)Nc1cc(Nc2ncc(C)c(-n3cc(CN4CCC4)c(C)n3)n2)c(OC)cc1N1CCOCC1. The van der Waals surface area contributed by atoms with Crippen LogP contribution >= 0.6 is 0 Å². The summed E-state index contributed by atoms with van der Waals surface area (Å²) >= 11 is 0. The number of anilines is 4. The summed E-state index contributed by atoms with van der Waals surface area (Å²) in [5.41, 5.74) is 5.19. The van der Waals surface area contributed by atoms with Crippen LogP contribution in [0.4, 0.5) is 23.0 Å². The molecule has 0 atom stereocenters. The average Bonchev–Trinajstić information content (AvgIpc) is 3.27. The molecule has 0 bridgehead atoms. The number of aryl methyl sites for hydroxylation is 2. The van der Waals surface area contributed by atoms with Crippen molar-refractivity contribution in [1.82, 2.24) is 24.6 Å². The topological polar surface area (TPSA) is 110 Å². The molecular weight excluding hydrogens is 484 g/mol. The zero-order chi connectivity index (χ0) is 26.6. The molecule has 5 rings (SSSR count). The van der Waals surface area contributed by atoms with Gasteiger partial charge in [0.1, 0.15) is 5.75 Å². The van der Waals surface area contributed by atoms with Gasteiger partial charge in [-0.3, -0.25) is 9.69 Å². The number of ether oxygens (including phenoxy) is 2. The van der Waals surface area contributed by atoms with Crippen LogP contribution in [0.15, 0.2) is 37.2 Å². The molecule has 4 heterocycles. The van der Waals surface area contributed by atoms with Crippen molar-refractivity contribution in [1.29, 1.82) is 0 Å². The van der Waals surface area contributed by atoms with E-state index in [4.69, 9.17) is 19.6 Å². The molecule has 2 aliphatic heterocycles. The van der Waals surface area contributed by atoms with E-state index in [-0.39, 0.29) is 5.91 Å². The highest BCUT2D eigenvalue weighted by atomic mass is 16.5. The van der Waals surface area contributed by atoms with E-state index in [1.807, 2.05) is 36.9 Å². The van der Waals surface area contributed by atoms with Gasteiger partial charge in [0.25, 0.3) is 0 Å². The number of carbonyl (C=O) groups is 1. The third-order valence-electron chi connectivity index (χ3n) is 6.86. The molecule has 0 aliphatic carbocycles. The van der Waals surface area contributed by atoms with Gasteiger partial charge in [-0.2, -0.15) is 10.1 Å². The minimum atomic E-state index is -0.299. The molecule has 11 nitrogen and oxygen atoms in total. The molecule has 200 valence electrons. The van der Waals surface area contributed by atoms with Crippen LogP contribution in [0, 0.1) is 13.8 Å². The first-order valence-corrected chi connectivity index (χ1v) is 12.8. The number of carbonyl (C=O) groups excluding carboxylic acids is 1. The van der Waals surface area contributed by atoms with Crippen LogP contribution < -0.4 is 20.3 Å². The van der Waals surface area contributed by atoms with Gasteiger partial charge in [0.2, 0.25) is 11.9 Å². The van der Waals surface area contributed by atoms with E-state index < -0.39 is 0 Å². The smallest absolute Gasteiger partial charge is 0.247 e. The predicted octanol–water partition coefficient (Wildman–Crippen LogP) is 3.20. The van der Waals surface area contributed by atoms with Crippen molar-refractivity contribution < 1.29 is 14.3 Å². The van der Waals surface area contributed by atoms with Crippen molar-refractivity contribution in [2.24, 2.45) is 0 Å². The quantitative estimate of drug-likeness (QED) is 0.413. The highest BCUT2D eigenvalue weighted by Gasteiger charge is 2.21. The Balaban J connectivity index is 1.46. The molecule has 2 aromatic heterocycles. The molecule has 2 N–H and O–H groups in total. The predicted molar refractivity (Wildman–Crippen MR) is 147 cm³/mol. The minimum Gasteiger partial charge on any atom is -0.494 e. The molecule has 1 aromatic carbocycles. The van der Waals surface area contributed by atoms with Crippen LogP contribution in [0.3, 0.4) is 0 Å². The highest BCUT2D eigenvalue weighted by Crippen LogP contribution is 2.38. The van der Waals surface area contributed by atoms with Gasteiger partial charge in [0, 0.05) is 49.2 Å². The molecule has 0 spiro atoms. The second kappa shape index (κ2) is 11.2. The number of aromatic nitrogens is 4. The average molecular weight is 519 g/mol. The largest absolute Gasteiger partial charge is 0.494 e. The Hall–Kier alpha value is -3.96. The molecule has 2 saturated heterocycles. The van der Waals surface area contributed by atoms with E-state index in [0.717, 1.165) is 36.6 Å². The molecule has 3 aromatic rings. The second-order valence-electron chi connectivity index (χ2n) is 9.50. The Morgan fingerprint density at radius 1 is 1.18 bits per heavy atom. The zero-order valence-electron chi connectivity index (χ0n) is 22.2. The maximum absolute atomic E-state index is 12.2.